The third-order valence-corrected chi connectivity index (χ3v) is 5.82. The van der Waals surface area contributed by atoms with E-state index < -0.39 is 10.0 Å². The average molecular weight is 308 g/mol. The van der Waals surface area contributed by atoms with Gasteiger partial charge in [-0.3, -0.25) is 0 Å². The highest BCUT2D eigenvalue weighted by Gasteiger charge is 2.41. The zero-order chi connectivity index (χ0) is 14.9. The molecule has 0 spiro atoms. The Kier molecular flexibility index (Phi) is 4.22. The Hall–Kier alpha value is -1.07. The van der Waals surface area contributed by atoms with E-state index in [9.17, 15) is 8.42 Å². The summed E-state index contributed by atoms with van der Waals surface area (Å²) in [5, 5.41) is 3.53. The number of rotatable bonds is 8. The zero-order valence-corrected chi connectivity index (χ0v) is 13.3. The van der Waals surface area contributed by atoms with Crippen molar-refractivity contribution in [3.05, 3.63) is 24.3 Å². The second kappa shape index (κ2) is 5.97. The van der Waals surface area contributed by atoms with Gasteiger partial charge in [-0.15, -0.1) is 0 Å². The molecule has 0 saturated heterocycles. The predicted octanol–water partition coefficient (Wildman–Crippen LogP) is 2.98. The van der Waals surface area contributed by atoms with Crippen LogP contribution in [0.3, 0.4) is 0 Å². The summed E-state index contributed by atoms with van der Waals surface area (Å²) in [4.78, 5) is 0.379. The molecule has 0 amide bonds. The largest absolute Gasteiger partial charge is 0.381 e. The Morgan fingerprint density at radius 1 is 1.14 bits per heavy atom. The molecule has 21 heavy (non-hydrogen) atoms. The molecule has 116 valence electrons. The van der Waals surface area contributed by atoms with Gasteiger partial charge in [0.25, 0.3) is 0 Å². The summed E-state index contributed by atoms with van der Waals surface area (Å²) in [6.07, 6.45) is 5.89. The van der Waals surface area contributed by atoms with Gasteiger partial charge in [0, 0.05) is 12.6 Å². The van der Waals surface area contributed by atoms with Crippen LogP contribution in [0.4, 0.5) is 5.69 Å². The fourth-order valence-electron chi connectivity index (χ4n) is 2.85. The Morgan fingerprint density at radius 2 is 1.76 bits per heavy atom. The van der Waals surface area contributed by atoms with Crippen LogP contribution in [-0.2, 0) is 10.0 Å². The van der Waals surface area contributed by atoms with Gasteiger partial charge in [-0.1, -0.05) is 19.1 Å². The van der Waals surface area contributed by atoms with Gasteiger partial charge in [0.15, 0.2) is 0 Å². The molecule has 5 heteroatoms. The minimum Gasteiger partial charge on any atom is -0.381 e. The Bertz CT molecular complexity index is 580. The van der Waals surface area contributed by atoms with Crippen LogP contribution in [0, 0.1) is 11.8 Å². The number of hydrogen-bond acceptors (Lipinski definition) is 3. The van der Waals surface area contributed by atoms with Crippen molar-refractivity contribution in [3.63, 3.8) is 0 Å². The first-order valence-corrected chi connectivity index (χ1v) is 9.45. The fourth-order valence-corrected chi connectivity index (χ4v) is 4.15. The second-order valence-electron chi connectivity index (χ2n) is 6.24. The van der Waals surface area contributed by atoms with Gasteiger partial charge in [-0.2, -0.15) is 0 Å². The Labute approximate surface area is 127 Å². The van der Waals surface area contributed by atoms with Gasteiger partial charge in [-0.05, 0) is 56.1 Å². The van der Waals surface area contributed by atoms with Crippen molar-refractivity contribution in [1.29, 1.82) is 0 Å². The zero-order valence-electron chi connectivity index (χ0n) is 12.5. The van der Waals surface area contributed by atoms with Crippen LogP contribution in [0.1, 0.15) is 39.0 Å². The highest BCUT2D eigenvalue weighted by Crippen LogP contribution is 2.46. The van der Waals surface area contributed by atoms with Crippen LogP contribution >= 0.6 is 0 Å². The van der Waals surface area contributed by atoms with E-state index in [4.69, 9.17) is 0 Å². The first-order valence-electron chi connectivity index (χ1n) is 7.97. The molecule has 0 radical (unpaired) electrons. The Morgan fingerprint density at radius 3 is 2.33 bits per heavy atom. The summed E-state index contributed by atoms with van der Waals surface area (Å²) >= 11 is 0. The second-order valence-corrected chi connectivity index (χ2v) is 7.97. The molecule has 2 N–H and O–H groups in total. The number of hydrogen-bond donors (Lipinski definition) is 2. The lowest BCUT2D eigenvalue weighted by molar-refractivity contribution is 0.563. The molecule has 2 saturated carbocycles. The standard InChI is InChI=1S/C16H24N2O2S/c1-2-11-17-21(19,20)15-6-4-3-5-14(15)18-16(12-7-8-12)13-9-10-13/h3-6,12-13,16-18H,2,7-11H2,1H3. The van der Waals surface area contributed by atoms with Crippen molar-refractivity contribution in [2.75, 3.05) is 11.9 Å². The van der Waals surface area contributed by atoms with Crippen LogP contribution in [0.15, 0.2) is 29.2 Å². The molecule has 0 atom stereocenters. The first kappa shape index (κ1) is 14.9. The molecular formula is C16H24N2O2S. The quantitative estimate of drug-likeness (QED) is 0.776. The molecule has 2 fully saturated rings. The van der Waals surface area contributed by atoms with Crippen LogP contribution in [0.5, 0.6) is 0 Å². The van der Waals surface area contributed by atoms with E-state index in [0.717, 1.165) is 23.9 Å². The number of nitrogens with one attached hydrogen (secondary N) is 2. The molecule has 0 aromatic heterocycles. The van der Waals surface area contributed by atoms with E-state index in [0.29, 0.717) is 17.5 Å². The first-order chi connectivity index (χ1) is 10.1. The molecule has 0 aliphatic heterocycles. The summed E-state index contributed by atoms with van der Waals surface area (Å²) in [6, 6.07) is 7.72. The topological polar surface area (TPSA) is 58.2 Å². The van der Waals surface area contributed by atoms with Crippen molar-refractivity contribution < 1.29 is 8.42 Å². The number of anilines is 1. The smallest absolute Gasteiger partial charge is 0.242 e. The Balaban J connectivity index is 1.81. The molecule has 0 heterocycles. The molecule has 2 aliphatic rings. The lowest BCUT2D eigenvalue weighted by Crippen LogP contribution is -2.28. The number of benzene rings is 1. The molecule has 2 aliphatic carbocycles. The summed E-state index contributed by atoms with van der Waals surface area (Å²) in [6.45, 7) is 2.44. The summed E-state index contributed by atoms with van der Waals surface area (Å²) in [5.74, 6) is 1.47. The van der Waals surface area contributed by atoms with Crippen LogP contribution in [0.25, 0.3) is 0 Å². The van der Waals surface area contributed by atoms with E-state index in [1.807, 2.05) is 19.1 Å². The highest BCUT2D eigenvalue weighted by molar-refractivity contribution is 7.89. The minimum absolute atomic E-state index is 0.379. The maximum Gasteiger partial charge on any atom is 0.242 e. The van der Waals surface area contributed by atoms with Crippen molar-refractivity contribution in [1.82, 2.24) is 4.72 Å². The highest BCUT2D eigenvalue weighted by atomic mass is 32.2. The van der Waals surface area contributed by atoms with Crippen molar-refractivity contribution >= 4 is 15.7 Å². The molecule has 3 rings (SSSR count). The third-order valence-electron chi connectivity index (χ3n) is 4.30. The molecule has 0 bridgehead atoms. The molecule has 0 unspecified atom stereocenters. The SMILES string of the molecule is CCCNS(=O)(=O)c1ccccc1NC(C1CC1)C1CC1. The number of para-hydroxylation sites is 1. The molecular weight excluding hydrogens is 284 g/mol. The third kappa shape index (κ3) is 3.58. The predicted molar refractivity (Wildman–Crippen MR) is 84.8 cm³/mol. The monoisotopic (exact) mass is 308 g/mol. The fraction of sp³-hybridized carbons (Fsp3) is 0.625. The van der Waals surface area contributed by atoms with Crippen LogP contribution in [0.2, 0.25) is 0 Å². The van der Waals surface area contributed by atoms with Crippen LogP contribution in [-0.4, -0.2) is 21.0 Å². The lowest BCUT2D eigenvalue weighted by atomic mass is 10.1. The average Bonchev–Trinajstić information content (AvgIpc) is 3.36. The maximum absolute atomic E-state index is 12.4. The van der Waals surface area contributed by atoms with Gasteiger partial charge in [0.1, 0.15) is 4.90 Å². The van der Waals surface area contributed by atoms with E-state index >= 15 is 0 Å². The number of sulfonamides is 1. The van der Waals surface area contributed by atoms with E-state index in [1.54, 1.807) is 12.1 Å². The van der Waals surface area contributed by atoms with Gasteiger partial charge in [0.2, 0.25) is 10.0 Å². The summed E-state index contributed by atoms with van der Waals surface area (Å²) < 4.78 is 27.5. The van der Waals surface area contributed by atoms with E-state index in [1.165, 1.54) is 25.7 Å². The summed E-state index contributed by atoms with van der Waals surface area (Å²) in [5.41, 5.74) is 0.755. The molecule has 1 aromatic rings. The van der Waals surface area contributed by atoms with Gasteiger partial charge < -0.3 is 5.32 Å². The summed E-state index contributed by atoms with van der Waals surface area (Å²) in [7, 11) is -3.42. The van der Waals surface area contributed by atoms with Crippen LogP contribution < -0.4 is 10.0 Å². The molecule has 4 nitrogen and oxygen atoms in total. The van der Waals surface area contributed by atoms with Crippen molar-refractivity contribution in [2.45, 2.75) is 50.0 Å². The lowest BCUT2D eigenvalue weighted by Gasteiger charge is -2.21. The van der Waals surface area contributed by atoms with Gasteiger partial charge in [-0.25, -0.2) is 13.1 Å². The van der Waals surface area contributed by atoms with Gasteiger partial charge in [0.05, 0.1) is 5.69 Å². The minimum atomic E-state index is -3.42. The normalized spacial score (nSPS) is 19.0. The maximum atomic E-state index is 12.4. The molecule has 1 aromatic carbocycles. The van der Waals surface area contributed by atoms with Crippen molar-refractivity contribution in [3.8, 4) is 0 Å². The van der Waals surface area contributed by atoms with E-state index in [-0.39, 0.29) is 0 Å². The van der Waals surface area contributed by atoms with Gasteiger partial charge >= 0.3 is 0 Å². The van der Waals surface area contributed by atoms with E-state index in [2.05, 4.69) is 10.0 Å². The van der Waals surface area contributed by atoms with Crippen molar-refractivity contribution in [2.24, 2.45) is 11.8 Å².